The van der Waals surface area contributed by atoms with Crippen LogP contribution >= 0.6 is 23.2 Å². The monoisotopic (exact) mass is 522 g/mol. The lowest BCUT2D eigenvalue weighted by Gasteiger charge is -2.38. The Morgan fingerprint density at radius 2 is 1.63 bits per heavy atom. The number of benzene rings is 2. The third kappa shape index (κ3) is 5.98. The molecule has 1 heterocycles. The number of carbonyl (C=O) groups excluding carboxylic acids is 3. The van der Waals surface area contributed by atoms with Crippen LogP contribution in [0.3, 0.4) is 0 Å². The molecule has 2 aromatic rings. The molecule has 1 atom stereocenters. The molecule has 0 aromatic heterocycles. The number of nitrogens with one attached hydrogen (secondary N) is 1. The molecule has 11 heteroatoms. The maximum absolute atomic E-state index is 13.6. The topological polar surface area (TPSA) is 102 Å². The summed E-state index contributed by atoms with van der Waals surface area (Å²) in [5.41, 5.74) is -0.0974. The Morgan fingerprint density at radius 3 is 2.20 bits per heavy atom. The lowest BCUT2D eigenvalue weighted by Crippen LogP contribution is -2.58. The van der Waals surface area contributed by atoms with E-state index in [0.717, 1.165) is 0 Å². The summed E-state index contributed by atoms with van der Waals surface area (Å²) in [4.78, 5) is 40.9. The molecule has 1 fully saturated rings. The van der Waals surface area contributed by atoms with Crippen LogP contribution in [-0.4, -0.2) is 58.6 Å². The molecule has 3 rings (SSSR count). The molecule has 1 aliphatic rings. The first kappa shape index (κ1) is 26.6. The van der Waals surface area contributed by atoms with Crippen molar-refractivity contribution in [1.82, 2.24) is 9.96 Å². The van der Waals surface area contributed by atoms with Gasteiger partial charge in [-0.2, -0.15) is 5.06 Å². The summed E-state index contributed by atoms with van der Waals surface area (Å²) in [6, 6.07) is 11.8. The number of nitrogens with zero attached hydrogens (tertiary/aromatic N) is 3. The van der Waals surface area contributed by atoms with Gasteiger partial charge in [0.05, 0.1) is 12.6 Å². The van der Waals surface area contributed by atoms with Crippen LogP contribution in [0, 0.1) is 0 Å². The number of esters is 1. The lowest BCUT2D eigenvalue weighted by atomic mass is 9.99. The van der Waals surface area contributed by atoms with Crippen molar-refractivity contribution in [2.45, 2.75) is 44.8 Å². The summed E-state index contributed by atoms with van der Waals surface area (Å²) in [5, 5.41) is 15.2. The first-order valence-corrected chi connectivity index (χ1v) is 11.8. The zero-order chi connectivity index (χ0) is 25.8. The Balaban J connectivity index is 1.87. The quantitative estimate of drug-likeness (QED) is 0.203. The van der Waals surface area contributed by atoms with Crippen molar-refractivity contribution < 1.29 is 24.3 Å². The molecule has 0 spiro atoms. The normalized spacial score (nSPS) is 16.9. The molecular formula is C24H28Cl2N4O5. The predicted molar refractivity (Wildman–Crippen MR) is 134 cm³/mol. The number of amides is 4. The first-order valence-electron chi connectivity index (χ1n) is 11.0. The van der Waals surface area contributed by atoms with E-state index < -0.39 is 23.8 Å². The van der Waals surface area contributed by atoms with Gasteiger partial charge in [0.15, 0.2) is 6.17 Å². The zero-order valence-corrected chi connectivity index (χ0v) is 21.2. The molecule has 1 aliphatic heterocycles. The molecule has 35 heavy (non-hydrogen) atoms. The van der Waals surface area contributed by atoms with E-state index in [9.17, 15) is 19.6 Å². The van der Waals surface area contributed by atoms with Gasteiger partial charge < -0.3 is 15.0 Å². The lowest BCUT2D eigenvalue weighted by molar-refractivity contribution is -0.140. The van der Waals surface area contributed by atoms with Gasteiger partial charge >= 0.3 is 18.0 Å². The number of anilines is 2. The molecule has 4 amide bonds. The Hall–Kier alpha value is -3.01. The fourth-order valence-electron chi connectivity index (χ4n) is 4.05. The highest BCUT2D eigenvalue weighted by Crippen LogP contribution is 2.38. The minimum atomic E-state index is -1.07. The van der Waals surface area contributed by atoms with Crippen molar-refractivity contribution in [3.8, 4) is 0 Å². The van der Waals surface area contributed by atoms with E-state index in [2.05, 4.69) is 10.1 Å². The van der Waals surface area contributed by atoms with Gasteiger partial charge in [-0.05, 0) is 75.2 Å². The molecule has 2 N–H and O–H groups in total. The summed E-state index contributed by atoms with van der Waals surface area (Å²) < 4.78 is 4.67. The number of halogens is 2. The van der Waals surface area contributed by atoms with Gasteiger partial charge in [0.1, 0.15) is 0 Å². The number of hydrogen-bond acceptors (Lipinski definition) is 5. The van der Waals surface area contributed by atoms with Gasteiger partial charge in [0, 0.05) is 34.4 Å². The molecule has 188 valence electrons. The standard InChI is InChI=1S/C24H28Cl2N4O5/c1-24(2)21(30(34)22(32)27-18-11-7-16(25)8-12-18)29(19-13-9-17(26)10-14-19)23(33)28(24)15-5-4-6-20(31)35-3/h7-14,21,34H,4-6,15H2,1-3H3,(H,27,32)/t21-/m1/s1. The summed E-state index contributed by atoms with van der Waals surface area (Å²) in [6.45, 7) is 3.85. The third-order valence-corrected chi connectivity index (χ3v) is 6.39. The van der Waals surface area contributed by atoms with Gasteiger partial charge in [-0.15, -0.1) is 0 Å². The van der Waals surface area contributed by atoms with E-state index in [0.29, 0.717) is 45.9 Å². The van der Waals surface area contributed by atoms with Crippen molar-refractivity contribution in [3.63, 3.8) is 0 Å². The van der Waals surface area contributed by atoms with Crippen LogP contribution in [0.25, 0.3) is 0 Å². The molecular weight excluding hydrogens is 495 g/mol. The number of hydroxylamine groups is 2. The minimum Gasteiger partial charge on any atom is -0.469 e. The van der Waals surface area contributed by atoms with E-state index in [1.807, 2.05) is 0 Å². The van der Waals surface area contributed by atoms with Crippen LogP contribution in [0.2, 0.25) is 10.0 Å². The van der Waals surface area contributed by atoms with Crippen molar-refractivity contribution in [2.75, 3.05) is 23.9 Å². The third-order valence-electron chi connectivity index (χ3n) is 5.89. The van der Waals surface area contributed by atoms with Crippen LogP contribution in [0.4, 0.5) is 21.0 Å². The summed E-state index contributed by atoms with van der Waals surface area (Å²) in [6.07, 6.45) is 0.231. The number of methoxy groups -OCH3 is 1. The van der Waals surface area contributed by atoms with Gasteiger partial charge in [0.2, 0.25) is 0 Å². The molecule has 0 radical (unpaired) electrons. The second-order valence-electron chi connectivity index (χ2n) is 8.62. The fourth-order valence-corrected chi connectivity index (χ4v) is 4.30. The highest BCUT2D eigenvalue weighted by atomic mass is 35.5. The molecule has 9 nitrogen and oxygen atoms in total. The van der Waals surface area contributed by atoms with E-state index in [4.69, 9.17) is 23.2 Å². The van der Waals surface area contributed by atoms with Gasteiger partial charge in [-0.25, -0.2) is 9.59 Å². The Morgan fingerprint density at radius 1 is 1.06 bits per heavy atom. The van der Waals surface area contributed by atoms with Crippen LogP contribution in [0.15, 0.2) is 48.5 Å². The maximum atomic E-state index is 13.6. The number of rotatable bonds is 8. The van der Waals surface area contributed by atoms with Gasteiger partial charge in [0.25, 0.3) is 0 Å². The van der Waals surface area contributed by atoms with Gasteiger partial charge in [-0.1, -0.05) is 23.2 Å². The van der Waals surface area contributed by atoms with Crippen molar-refractivity contribution >= 4 is 52.6 Å². The van der Waals surface area contributed by atoms with Crippen LogP contribution in [-0.2, 0) is 9.53 Å². The van der Waals surface area contributed by atoms with Crippen molar-refractivity contribution in [3.05, 3.63) is 58.6 Å². The van der Waals surface area contributed by atoms with E-state index in [1.54, 1.807) is 67.3 Å². The Kier molecular flexibility index (Phi) is 8.47. The summed E-state index contributed by atoms with van der Waals surface area (Å²) >= 11 is 11.9. The fraction of sp³-hybridized carbons (Fsp3) is 0.375. The molecule has 2 aromatic carbocycles. The highest BCUT2D eigenvalue weighted by Gasteiger charge is 2.55. The predicted octanol–water partition coefficient (Wildman–Crippen LogP) is 5.61. The second kappa shape index (κ2) is 11.2. The highest BCUT2D eigenvalue weighted by molar-refractivity contribution is 6.31. The Labute approximate surface area is 214 Å². The molecule has 0 bridgehead atoms. The molecule has 0 unspecified atom stereocenters. The molecule has 0 saturated carbocycles. The maximum Gasteiger partial charge on any atom is 0.347 e. The first-order chi connectivity index (χ1) is 16.6. The number of carbonyl (C=O) groups is 3. The van der Waals surface area contributed by atoms with Crippen LogP contribution in [0.1, 0.15) is 33.1 Å². The van der Waals surface area contributed by atoms with Gasteiger partial charge in [-0.3, -0.25) is 14.9 Å². The average molecular weight is 523 g/mol. The zero-order valence-electron chi connectivity index (χ0n) is 19.7. The van der Waals surface area contributed by atoms with E-state index in [-0.39, 0.29) is 12.4 Å². The largest absolute Gasteiger partial charge is 0.469 e. The van der Waals surface area contributed by atoms with Crippen LogP contribution < -0.4 is 10.2 Å². The van der Waals surface area contributed by atoms with Crippen molar-refractivity contribution in [2.24, 2.45) is 0 Å². The summed E-state index contributed by atoms with van der Waals surface area (Å²) in [5.74, 6) is -0.321. The number of hydrogen-bond donors (Lipinski definition) is 2. The van der Waals surface area contributed by atoms with Crippen molar-refractivity contribution in [1.29, 1.82) is 0 Å². The SMILES string of the molecule is COC(=O)CCCCN1C(=O)N(c2ccc(Cl)cc2)[C@H](N(O)C(=O)Nc2ccc(Cl)cc2)C1(C)C. The number of unbranched alkanes of at least 4 members (excludes halogenated alkanes) is 1. The average Bonchev–Trinajstić information content (AvgIpc) is 3.02. The molecule has 0 aliphatic carbocycles. The smallest absolute Gasteiger partial charge is 0.347 e. The second-order valence-corrected chi connectivity index (χ2v) is 9.50. The molecule has 1 saturated heterocycles. The summed E-state index contributed by atoms with van der Waals surface area (Å²) in [7, 11) is 1.33. The minimum absolute atomic E-state index is 0.235. The Bertz CT molecular complexity index is 1060. The van der Waals surface area contributed by atoms with Crippen LogP contribution in [0.5, 0.6) is 0 Å². The van der Waals surface area contributed by atoms with E-state index in [1.165, 1.54) is 12.0 Å². The van der Waals surface area contributed by atoms with E-state index >= 15 is 0 Å². The number of urea groups is 2. The number of ether oxygens (including phenoxy) is 1.